The third kappa shape index (κ3) is 1.42. The van der Waals surface area contributed by atoms with Crippen molar-refractivity contribution in [2.45, 2.75) is 25.7 Å². The molecule has 0 amide bonds. The summed E-state index contributed by atoms with van der Waals surface area (Å²) in [5.74, 6) is 0. The molecular formula is C12H14N2S. The molecule has 0 fully saturated rings. The van der Waals surface area contributed by atoms with Crippen molar-refractivity contribution in [3.63, 3.8) is 0 Å². The fourth-order valence-electron chi connectivity index (χ4n) is 2.40. The SMILES string of the molecule is Cn1nc2c(c1-c1cccs1)CCCC2. The normalized spacial score (nSPS) is 15.3. The van der Waals surface area contributed by atoms with Gasteiger partial charge in [-0.25, -0.2) is 0 Å². The van der Waals surface area contributed by atoms with Gasteiger partial charge in [0.1, 0.15) is 0 Å². The fraction of sp³-hybridized carbons (Fsp3) is 0.417. The van der Waals surface area contributed by atoms with Crippen LogP contribution in [0.1, 0.15) is 24.1 Å². The third-order valence-electron chi connectivity index (χ3n) is 3.07. The quantitative estimate of drug-likeness (QED) is 0.719. The highest BCUT2D eigenvalue weighted by atomic mass is 32.1. The second-order valence-electron chi connectivity index (χ2n) is 4.08. The number of aryl methyl sites for hydroxylation is 2. The van der Waals surface area contributed by atoms with Crippen LogP contribution in [0, 0.1) is 0 Å². The van der Waals surface area contributed by atoms with Gasteiger partial charge < -0.3 is 0 Å². The summed E-state index contributed by atoms with van der Waals surface area (Å²) in [5, 5.41) is 6.77. The topological polar surface area (TPSA) is 17.8 Å². The number of thiophene rings is 1. The standard InChI is InChI=1S/C12H14N2S/c1-14-12(11-7-4-8-15-11)9-5-2-3-6-10(9)13-14/h4,7-8H,2-3,5-6H2,1H3. The molecular weight excluding hydrogens is 204 g/mol. The molecule has 0 radical (unpaired) electrons. The number of hydrogen-bond acceptors (Lipinski definition) is 2. The molecule has 78 valence electrons. The summed E-state index contributed by atoms with van der Waals surface area (Å²) in [6.07, 6.45) is 4.98. The first-order chi connectivity index (χ1) is 7.36. The molecule has 0 unspecified atom stereocenters. The highest BCUT2D eigenvalue weighted by Gasteiger charge is 2.20. The van der Waals surface area contributed by atoms with Crippen molar-refractivity contribution in [2.75, 3.05) is 0 Å². The van der Waals surface area contributed by atoms with Gasteiger partial charge in [0.25, 0.3) is 0 Å². The second-order valence-corrected chi connectivity index (χ2v) is 5.03. The number of aromatic nitrogens is 2. The highest BCUT2D eigenvalue weighted by molar-refractivity contribution is 7.13. The highest BCUT2D eigenvalue weighted by Crippen LogP contribution is 2.33. The van der Waals surface area contributed by atoms with E-state index in [1.54, 1.807) is 11.3 Å². The number of hydrogen-bond donors (Lipinski definition) is 0. The summed E-state index contributed by atoms with van der Waals surface area (Å²) >= 11 is 1.81. The summed E-state index contributed by atoms with van der Waals surface area (Å²) in [7, 11) is 2.06. The lowest BCUT2D eigenvalue weighted by molar-refractivity contribution is 0.664. The van der Waals surface area contributed by atoms with Gasteiger partial charge >= 0.3 is 0 Å². The third-order valence-corrected chi connectivity index (χ3v) is 3.95. The van der Waals surface area contributed by atoms with Gasteiger partial charge in [0, 0.05) is 12.6 Å². The molecule has 15 heavy (non-hydrogen) atoms. The first-order valence-corrected chi connectivity index (χ1v) is 6.33. The zero-order valence-electron chi connectivity index (χ0n) is 8.86. The molecule has 0 saturated carbocycles. The van der Waals surface area contributed by atoms with Crippen LogP contribution in [0.3, 0.4) is 0 Å². The predicted octanol–water partition coefficient (Wildman–Crippen LogP) is 3.03. The Morgan fingerprint density at radius 3 is 3.00 bits per heavy atom. The molecule has 0 N–H and O–H groups in total. The average molecular weight is 218 g/mol. The molecule has 0 atom stereocenters. The lowest BCUT2D eigenvalue weighted by Gasteiger charge is -2.10. The monoisotopic (exact) mass is 218 g/mol. The van der Waals surface area contributed by atoms with Crippen LogP contribution in [0.5, 0.6) is 0 Å². The summed E-state index contributed by atoms with van der Waals surface area (Å²) in [6.45, 7) is 0. The molecule has 0 saturated heterocycles. The van der Waals surface area contributed by atoms with Crippen molar-refractivity contribution in [3.05, 3.63) is 28.8 Å². The van der Waals surface area contributed by atoms with E-state index in [0.717, 1.165) is 6.42 Å². The van der Waals surface area contributed by atoms with Gasteiger partial charge in [-0.05, 0) is 37.1 Å². The van der Waals surface area contributed by atoms with Gasteiger partial charge in [0.2, 0.25) is 0 Å². The number of fused-ring (bicyclic) bond motifs is 1. The van der Waals surface area contributed by atoms with Gasteiger partial charge in [0.15, 0.2) is 0 Å². The number of nitrogens with zero attached hydrogens (tertiary/aromatic N) is 2. The van der Waals surface area contributed by atoms with E-state index in [9.17, 15) is 0 Å². The van der Waals surface area contributed by atoms with Crippen LogP contribution in [0.25, 0.3) is 10.6 Å². The lowest BCUT2D eigenvalue weighted by atomic mass is 9.95. The van der Waals surface area contributed by atoms with E-state index in [0.29, 0.717) is 0 Å². The van der Waals surface area contributed by atoms with Crippen molar-refractivity contribution in [3.8, 4) is 10.6 Å². The smallest absolute Gasteiger partial charge is 0.0813 e. The Bertz CT molecular complexity index is 468. The van der Waals surface area contributed by atoms with Crippen LogP contribution < -0.4 is 0 Å². The Kier molecular flexibility index (Phi) is 2.13. The van der Waals surface area contributed by atoms with Crippen LogP contribution in [0.2, 0.25) is 0 Å². The maximum atomic E-state index is 4.63. The summed E-state index contributed by atoms with van der Waals surface area (Å²) in [6, 6.07) is 4.30. The van der Waals surface area contributed by atoms with Crippen molar-refractivity contribution in [1.29, 1.82) is 0 Å². The minimum absolute atomic E-state index is 1.16. The Balaban J connectivity index is 2.18. The zero-order valence-corrected chi connectivity index (χ0v) is 9.68. The van der Waals surface area contributed by atoms with E-state index in [4.69, 9.17) is 0 Å². The van der Waals surface area contributed by atoms with Crippen molar-refractivity contribution in [1.82, 2.24) is 9.78 Å². The molecule has 3 rings (SSSR count). The molecule has 0 spiro atoms. The first kappa shape index (κ1) is 9.16. The van der Waals surface area contributed by atoms with Crippen LogP contribution in [-0.2, 0) is 19.9 Å². The minimum atomic E-state index is 1.16. The Morgan fingerprint density at radius 1 is 1.33 bits per heavy atom. The Morgan fingerprint density at radius 2 is 2.20 bits per heavy atom. The van der Waals surface area contributed by atoms with Gasteiger partial charge in [-0.3, -0.25) is 4.68 Å². The van der Waals surface area contributed by atoms with Crippen LogP contribution in [0.15, 0.2) is 17.5 Å². The predicted molar refractivity (Wildman–Crippen MR) is 63.2 cm³/mol. The molecule has 2 aromatic heterocycles. The largest absolute Gasteiger partial charge is 0.267 e. The zero-order chi connectivity index (χ0) is 10.3. The van der Waals surface area contributed by atoms with Gasteiger partial charge in [-0.1, -0.05) is 6.07 Å². The van der Waals surface area contributed by atoms with E-state index in [1.165, 1.54) is 41.1 Å². The van der Waals surface area contributed by atoms with E-state index in [-0.39, 0.29) is 0 Å². The van der Waals surface area contributed by atoms with E-state index in [2.05, 4.69) is 34.3 Å². The molecule has 0 aromatic carbocycles. The molecule has 0 bridgehead atoms. The molecule has 2 nitrogen and oxygen atoms in total. The van der Waals surface area contributed by atoms with Crippen molar-refractivity contribution >= 4 is 11.3 Å². The Labute approximate surface area is 93.6 Å². The van der Waals surface area contributed by atoms with Gasteiger partial charge in [0.05, 0.1) is 16.3 Å². The van der Waals surface area contributed by atoms with E-state index in [1.807, 2.05) is 0 Å². The summed E-state index contributed by atoms with van der Waals surface area (Å²) in [5.41, 5.74) is 4.16. The number of rotatable bonds is 1. The summed E-state index contributed by atoms with van der Waals surface area (Å²) in [4.78, 5) is 1.35. The maximum Gasteiger partial charge on any atom is 0.0813 e. The van der Waals surface area contributed by atoms with Crippen molar-refractivity contribution in [2.24, 2.45) is 7.05 Å². The first-order valence-electron chi connectivity index (χ1n) is 5.45. The molecule has 2 heterocycles. The van der Waals surface area contributed by atoms with Crippen LogP contribution >= 0.6 is 11.3 Å². The van der Waals surface area contributed by atoms with Crippen LogP contribution in [-0.4, -0.2) is 9.78 Å². The summed E-state index contributed by atoms with van der Waals surface area (Å²) < 4.78 is 2.06. The molecule has 1 aliphatic carbocycles. The van der Waals surface area contributed by atoms with Crippen molar-refractivity contribution < 1.29 is 0 Å². The maximum absolute atomic E-state index is 4.63. The molecule has 3 heteroatoms. The van der Waals surface area contributed by atoms with E-state index >= 15 is 0 Å². The Hall–Kier alpha value is -1.09. The second kappa shape index (κ2) is 3.49. The molecule has 1 aliphatic rings. The lowest BCUT2D eigenvalue weighted by Crippen LogP contribution is -2.00. The molecule has 2 aromatic rings. The molecule has 0 aliphatic heterocycles. The van der Waals surface area contributed by atoms with Gasteiger partial charge in [-0.2, -0.15) is 5.10 Å². The van der Waals surface area contributed by atoms with E-state index < -0.39 is 0 Å². The minimum Gasteiger partial charge on any atom is -0.267 e. The van der Waals surface area contributed by atoms with Crippen LogP contribution in [0.4, 0.5) is 0 Å². The average Bonchev–Trinajstić information content (AvgIpc) is 2.82. The van der Waals surface area contributed by atoms with Gasteiger partial charge in [-0.15, -0.1) is 11.3 Å². The fourth-order valence-corrected chi connectivity index (χ4v) is 3.23.